The monoisotopic (exact) mass is 374 g/mol. The minimum Gasteiger partial charge on any atom is -0.229 e. The summed E-state index contributed by atoms with van der Waals surface area (Å²) in [6.07, 6.45) is 9.06. The van der Waals surface area contributed by atoms with E-state index in [9.17, 15) is 0 Å². The van der Waals surface area contributed by atoms with Gasteiger partial charge in [-0.05, 0) is 46.7 Å². The molecule has 0 fully saturated rings. The largest absolute Gasteiger partial charge is 0.239 e. The summed E-state index contributed by atoms with van der Waals surface area (Å²) in [5.74, 6) is 0. The number of rotatable bonds is 2. The second-order valence-electron chi connectivity index (χ2n) is 6.34. The summed E-state index contributed by atoms with van der Waals surface area (Å²) < 4.78 is 2.16. The predicted molar refractivity (Wildman–Crippen MR) is 117 cm³/mol. The molecule has 1 nitrogen and oxygen atoms in total. The summed E-state index contributed by atoms with van der Waals surface area (Å²) in [5, 5.41) is 1.27. The molecule has 0 spiro atoms. The lowest BCUT2D eigenvalue weighted by molar-refractivity contribution is -0.460. The molecule has 2 aromatic carbocycles. The first-order valence-corrected chi connectivity index (χ1v) is 10.2. The number of hydrogen-bond acceptors (Lipinski definition) is 2. The zero-order valence-electron chi connectivity index (χ0n) is 14.8. The summed E-state index contributed by atoms with van der Waals surface area (Å²) >= 11 is 3.68. The number of hydrogen-bond donors (Lipinski definition) is 0. The lowest BCUT2D eigenvalue weighted by Crippen LogP contribution is -2.04. The molecular weight excluding hydrogens is 354 g/mol. The quantitative estimate of drug-likeness (QED) is 0.589. The van der Waals surface area contributed by atoms with E-state index in [0.29, 0.717) is 0 Å². The van der Waals surface area contributed by atoms with E-state index in [0.717, 1.165) is 0 Å². The summed E-state index contributed by atoms with van der Waals surface area (Å²) in [6.45, 7) is 0. The fourth-order valence-electron chi connectivity index (χ4n) is 2.86. The van der Waals surface area contributed by atoms with Crippen LogP contribution in [0.3, 0.4) is 0 Å². The molecule has 2 heterocycles. The van der Waals surface area contributed by atoms with E-state index in [-0.39, 0.29) is 0 Å². The highest BCUT2D eigenvalue weighted by Gasteiger charge is 2.21. The smallest absolute Gasteiger partial charge is 0.229 e. The number of thioether (sulfide) groups is 2. The Morgan fingerprint density at radius 1 is 0.654 bits per heavy atom. The van der Waals surface area contributed by atoms with Crippen LogP contribution in [0.25, 0.3) is 9.81 Å². The minimum atomic E-state index is 1.26. The van der Waals surface area contributed by atoms with E-state index in [1.54, 1.807) is 0 Å². The van der Waals surface area contributed by atoms with Crippen molar-refractivity contribution in [1.29, 1.82) is 0 Å². The second-order valence-corrected chi connectivity index (χ2v) is 8.48. The molecule has 0 saturated carbocycles. The summed E-state index contributed by atoms with van der Waals surface area (Å²) in [6, 6.07) is 21.3. The second kappa shape index (κ2) is 7.56. The molecule has 0 aliphatic carbocycles. The van der Waals surface area contributed by atoms with Gasteiger partial charge in [-0.1, -0.05) is 72.4 Å². The Morgan fingerprint density at radius 3 is 1.65 bits per heavy atom. The van der Waals surface area contributed by atoms with Gasteiger partial charge in [0.2, 0.25) is 5.04 Å². The van der Waals surface area contributed by atoms with Crippen molar-refractivity contribution in [2.24, 2.45) is 0 Å². The van der Waals surface area contributed by atoms with Crippen molar-refractivity contribution in [1.82, 2.24) is 0 Å². The molecule has 0 unspecified atom stereocenters. The van der Waals surface area contributed by atoms with E-state index in [2.05, 4.69) is 104 Å². The Hall–Kier alpha value is -2.23. The van der Waals surface area contributed by atoms with E-state index < -0.39 is 0 Å². The average Bonchev–Trinajstić information content (AvgIpc) is 3.20. The van der Waals surface area contributed by atoms with Gasteiger partial charge in [0, 0.05) is 20.8 Å². The maximum absolute atomic E-state index is 2.32. The van der Waals surface area contributed by atoms with Crippen molar-refractivity contribution in [2.45, 2.75) is 0 Å². The van der Waals surface area contributed by atoms with Crippen molar-refractivity contribution >= 4 is 38.4 Å². The summed E-state index contributed by atoms with van der Waals surface area (Å²) in [7, 11) is 4.18. The van der Waals surface area contributed by atoms with Crippen molar-refractivity contribution < 1.29 is 4.58 Å². The van der Waals surface area contributed by atoms with Gasteiger partial charge >= 0.3 is 0 Å². The molecule has 2 aromatic rings. The van der Waals surface area contributed by atoms with Crippen LogP contribution in [0.4, 0.5) is 0 Å². The van der Waals surface area contributed by atoms with Crippen LogP contribution in [0.1, 0.15) is 11.1 Å². The van der Waals surface area contributed by atoms with Gasteiger partial charge in [0.1, 0.15) is 14.1 Å². The molecule has 0 atom stereocenters. The molecule has 0 bridgehead atoms. The van der Waals surface area contributed by atoms with Crippen molar-refractivity contribution in [2.75, 3.05) is 14.1 Å². The summed E-state index contributed by atoms with van der Waals surface area (Å²) in [4.78, 5) is 3.89. The Balaban J connectivity index is 1.81. The van der Waals surface area contributed by atoms with E-state index in [1.807, 2.05) is 23.5 Å². The van der Waals surface area contributed by atoms with Crippen LogP contribution in [0.5, 0.6) is 0 Å². The number of benzene rings is 2. The Kier molecular flexibility index (Phi) is 5.00. The SMILES string of the molecule is C[N+](C)=C1C=CC(=C2C=C(c3ccccc3)SC(c3ccccc3)=C2)S1. The molecule has 4 rings (SSSR count). The Bertz CT molecular complexity index is 916. The van der Waals surface area contributed by atoms with E-state index in [4.69, 9.17) is 0 Å². The molecule has 0 saturated heterocycles. The third-order valence-corrected chi connectivity index (χ3v) is 6.68. The first kappa shape index (κ1) is 17.2. The highest BCUT2D eigenvalue weighted by atomic mass is 32.2. The lowest BCUT2D eigenvalue weighted by Gasteiger charge is -2.18. The molecule has 2 aliphatic heterocycles. The van der Waals surface area contributed by atoms with Crippen LogP contribution in [-0.4, -0.2) is 23.7 Å². The van der Waals surface area contributed by atoms with Crippen LogP contribution < -0.4 is 0 Å². The number of nitrogens with zero attached hydrogens (tertiary/aromatic N) is 1. The predicted octanol–water partition coefficient (Wildman–Crippen LogP) is 6.04. The minimum absolute atomic E-state index is 1.26. The zero-order chi connectivity index (χ0) is 17.9. The molecular formula is C23H20NS2+. The molecule has 0 N–H and O–H groups in total. The first-order valence-electron chi connectivity index (χ1n) is 8.57. The molecule has 26 heavy (non-hydrogen) atoms. The zero-order valence-corrected chi connectivity index (χ0v) is 16.5. The third-order valence-electron chi connectivity index (χ3n) is 4.23. The summed E-state index contributed by atoms with van der Waals surface area (Å²) in [5.41, 5.74) is 3.81. The molecule has 0 amide bonds. The third kappa shape index (κ3) is 3.64. The highest BCUT2D eigenvalue weighted by molar-refractivity contribution is 8.18. The maximum Gasteiger partial charge on any atom is 0.239 e. The van der Waals surface area contributed by atoms with Crippen molar-refractivity contribution in [3.63, 3.8) is 0 Å². The van der Waals surface area contributed by atoms with Crippen LogP contribution >= 0.6 is 23.5 Å². The van der Waals surface area contributed by atoms with Gasteiger partial charge in [0.25, 0.3) is 0 Å². The van der Waals surface area contributed by atoms with E-state index >= 15 is 0 Å². The molecule has 0 aromatic heterocycles. The van der Waals surface area contributed by atoms with Gasteiger partial charge in [0.15, 0.2) is 0 Å². The van der Waals surface area contributed by atoms with Gasteiger partial charge in [-0.2, -0.15) is 0 Å². The maximum atomic E-state index is 2.32. The van der Waals surface area contributed by atoms with Crippen LogP contribution in [0.15, 0.2) is 95.4 Å². The normalized spacial score (nSPS) is 16.6. The topological polar surface area (TPSA) is 3.01 Å². The van der Waals surface area contributed by atoms with Gasteiger partial charge in [-0.3, -0.25) is 0 Å². The van der Waals surface area contributed by atoms with Gasteiger partial charge in [0.05, 0.1) is 0 Å². The standard InChI is InChI=1S/C23H20NS2/c1-24(2)23-14-13-20(26-23)19-15-21(17-9-5-3-6-10-17)25-22(16-19)18-11-7-4-8-12-18/h3-16H,1-2H3/q+1. The fraction of sp³-hybridized carbons (Fsp3) is 0.0870. The van der Waals surface area contributed by atoms with Crippen LogP contribution in [0.2, 0.25) is 0 Å². The van der Waals surface area contributed by atoms with Gasteiger partial charge in [-0.15, -0.1) is 0 Å². The first-order chi connectivity index (χ1) is 12.7. The van der Waals surface area contributed by atoms with Crippen molar-refractivity contribution in [3.05, 3.63) is 107 Å². The van der Waals surface area contributed by atoms with E-state index in [1.165, 1.54) is 36.5 Å². The number of allylic oxidation sites excluding steroid dienone is 4. The molecule has 128 valence electrons. The Labute approximate surface area is 163 Å². The van der Waals surface area contributed by atoms with Crippen molar-refractivity contribution in [3.8, 4) is 0 Å². The highest BCUT2D eigenvalue weighted by Crippen LogP contribution is 2.46. The lowest BCUT2D eigenvalue weighted by atomic mass is 10.1. The molecule has 0 radical (unpaired) electrons. The fourth-order valence-corrected chi connectivity index (χ4v) is 4.89. The van der Waals surface area contributed by atoms with Gasteiger partial charge < -0.3 is 0 Å². The average molecular weight is 375 g/mol. The molecule has 3 heteroatoms. The van der Waals surface area contributed by atoms with Gasteiger partial charge in [-0.25, -0.2) is 4.58 Å². The van der Waals surface area contributed by atoms with Crippen LogP contribution in [-0.2, 0) is 0 Å². The van der Waals surface area contributed by atoms with Crippen LogP contribution in [0, 0.1) is 0 Å². The Morgan fingerprint density at radius 2 is 1.19 bits per heavy atom. The molecule has 2 aliphatic rings.